The Labute approximate surface area is 121 Å². The predicted molar refractivity (Wildman–Crippen MR) is 75.7 cm³/mol. The Morgan fingerprint density at radius 2 is 1.60 bits per heavy atom. The first-order valence-corrected chi connectivity index (χ1v) is 6.48. The number of nitrogens with zero attached hydrogens (tertiary/aromatic N) is 4. The number of hydrogen-bond acceptors (Lipinski definition) is 5. The van der Waals surface area contributed by atoms with Crippen LogP contribution in [0.3, 0.4) is 0 Å². The SMILES string of the molecule is CC(O)c1nnc(C(C)O)n1N=Cc1ccc(Cl)cc1. The highest BCUT2D eigenvalue weighted by Crippen LogP contribution is 2.16. The molecule has 0 aliphatic heterocycles. The first-order valence-electron chi connectivity index (χ1n) is 6.10. The van der Waals surface area contributed by atoms with E-state index in [9.17, 15) is 10.2 Å². The molecule has 0 aliphatic carbocycles. The molecule has 6 nitrogen and oxygen atoms in total. The van der Waals surface area contributed by atoms with Crippen LogP contribution < -0.4 is 0 Å². The third-order valence-electron chi connectivity index (χ3n) is 2.63. The minimum Gasteiger partial charge on any atom is -0.385 e. The fourth-order valence-corrected chi connectivity index (χ4v) is 1.74. The lowest BCUT2D eigenvalue weighted by Crippen LogP contribution is -2.08. The molecule has 0 fully saturated rings. The zero-order chi connectivity index (χ0) is 14.7. The monoisotopic (exact) mass is 294 g/mol. The summed E-state index contributed by atoms with van der Waals surface area (Å²) in [5, 5.41) is 31.8. The average molecular weight is 295 g/mol. The number of aliphatic hydroxyl groups excluding tert-OH is 2. The molecular formula is C13H15ClN4O2. The van der Waals surface area contributed by atoms with E-state index >= 15 is 0 Å². The Kier molecular flexibility index (Phi) is 4.49. The van der Waals surface area contributed by atoms with Gasteiger partial charge in [-0.05, 0) is 31.5 Å². The van der Waals surface area contributed by atoms with Gasteiger partial charge in [-0.2, -0.15) is 9.78 Å². The molecule has 106 valence electrons. The van der Waals surface area contributed by atoms with E-state index in [2.05, 4.69) is 15.3 Å². The Hall–Kier alpha value is -1.76. The molecule has 0 bridgehead atoms. The first-order chi connectivity index (χ1) is 9.49. The Bertz CT molecular complexity index is 580. The van der Waals surface area contributed by atoms with Gasteiger partial charge in [-0.15, -0.1) is 10.2 Å². The number of halogens is 1. The Morgan fingerprint density at radius 1 is 1.10 bits per heavy atom. The zero-order valence-electron chi connectivity index (χ0n) is 11.1. The maximum atomic E-state index is 9.64. The van der Waals surface area contributed by atoms with Crippen LogP contribution in [-0.4, -0.2) is 31.3 Å². The van der Waals surface area contributed by atoms with Gasteiger partial charge >= 0.3 is 0 Å². The van der Waals surface area contributed by atoms with Crippen molar-refractivity contribution >= 4 is 17.8 Å². The van der Waals surface area contributed by atoms with Crippen molar-refractivity contribution in [2.24, 2.45) is 5.10 Å². The van der Waals surface area contributed by atoms with Gasteiger partial charge in [0.1, 0.15) is 12.2 Å². The normalized spacial score (nSPS) is 14.7. The van der Waals surface area contributed by atoms with Crippen molar-refractivity contribution in [1.82, 2.24) is 14.9 Å². The van der Waals surface area contributed by atoms with Crippen molar-refractivity contribution in [2.45, 2.75) is 26.1 Å². The van der Waals surface area contributed by atoms with Crippen LogP contribution in [0.2, 0.25) is 5.02 Å². The smallest absolute Gasteiger partial charge is 0.182 e. The van der Waals surface area contributed by atoms with Crippen molar-refractivity contribution in [1.29, 1.82) is 0 Å². The Morgan fingerprint density at radius 3 is 2.05 bits per heavy atom. The highest BCUT2D eigenvalue weighted by Gasteiger charge is 2.18. The van der Waals surface area contributed by atoms with E-state index in [-0.39, 0.29) is 11.6 Å². The van der Waals surface area contributed by atoms with Crippen LogP contribution in [0.1, 0.15) is 43.3 Å². The minimum atomic E-state index is -0.836. The van der Waals surface area contributed by atoms with Crippen molar-refractivity contribution in [3.05, 3.63) is 46.5 Å². The van der Waals surface area contributed by atoms with Gasteiger partial charge in [0.15, 0.2) is 11.6 Å². The van der Waals surface area contributed by atoms with Gasteiger partial charge < -0.3 is 10.2 Å². The number of hydrogen-bond donors (Lipinski definition) is 2. The maximum Gasteiger partial charge on any atom is 0.182 e. The molecule has 0 spiro atoms. The van der Waals surface area contributed by atoms with E-state index in [4.69, 9.17) is 11.6 Å². The highest BCUT2D eigenvalue weighted by molar-refractivity contribution is 6.30. The molecule has 0 saturated heterocycles. The van der Waals surface area contributed by atoms with E-state index in [1.807, 2.05) is 0 Å². The van der Waals surface area contributed by atoms with E-state index in [1.54, 1.807) is 44.3 Å². The van der Waals surface area contributed by atoms with Gasteiger partial charge in [0.05, 0.1) is 6.21 Å². The van der Waals surface area contributed by atoms with Crippen LogP contribution >= 0.6 is 11.6 Å². The fraction of sp³-hybridized carbons (Fsp3) is 0.308. The predicted octanol–water partition coefficient (Wildman–Crippen LogP) is 1.92. The summed E-state index contributed by atoms with van der Waals surface area (Å²) in [7, 11) is 0. The third-order valence-corrected chi connectivity index (χ3v) is 2.88. The molecule has 2 rings (SSSR count). The van der Waals surface area contributed by atoms with Crippen LogP contribution in [0.5, 0.6) is 0 Å². The molecule has 0 aliphatic rings. The molecule has 20 heavy (non-hydrogen) atoms. The third kappa shape index (κ3) is 3.22. The second kappa shape index (κ2) is 6.13. The highest BCUT2D eigenvalue weighted by atomic mass is 35.5. The maximum absolute atomic E-state index is 9.64. The number of benzene rings is 1. The largest absolute Gasteiger partial charge is 0.385 e. The summed E-state index contributed by atoms with van der Waals surface area (Å²) in [5.74, 6) is 0.539. The average Bonchev–Trinajstić information content (AvgIpc) is 2.82. The fourth-order valence-electron chi connectivity index (χ4n) is 1.62. The number of rotatable bonds is 4. The molecule has 2 atom stereocenters. The van der Waals surface area contributed by atoms with Gasteiger partial charge in [0.2, 0.25) is 0 Å². The summed E-state index contributed by atoms with van der Waals surface area (Å²) in [6.07, 6.45) is -0.0907. The van der Waals surface area contributed by atoms with Gasteiger partial charge in [0, 0.05) is 5.02 Å². The molecule has 2 N–H and O–H groups in total. The molecule has 7 heteroatoms. The number of aliphatic hydroxyl groups is 2. The summed E-state index contributed by atoms with van der Waals surface area (Å²) in [5.41, 5.74) is 0.830. The molecule has 2 aromatic rings. The summed E-state index contributed by atoms with van der Waals surface area (Å²) in [4.78, 5) is 0. The Balaban J connectivity index is 2.36. The van der Waals surface area contributed by atoms with Crippen LogP contribution in [-0.2, 0) is 0 Å². The van der Waals surface area contributed by atoms with Crippen molar-refractivity contribution in [2.75, 3.05) is 0 Å². The van der Waals surface area contributed by atoms with Gasteiger partial charge in [-0.3, -0.25) is 0 Å². The topological polar surface area (TPSA) is 83.5 Å². The lowest BCUT2D eigenvalue weighted by atomic mass is 10.2. The molecule has 0 radical (unpaired) electrons. The number of aromatic nitrogens is 3. The summed E-state index contributed by atoms with van der Waals surface area (Å²) in [6, 6.07) is 7.11. The molecule has 2 unspecified atom stereocenters. The van der Waals surface area contributed by atoms with Crippen LogP contribution in [0, 0.1) is 0 Å². The quantitative estimate of drug-likeness (QED) is 0.844. The van der Waals surface area contributed by atoms with Gasteiger partial charge in [-0.1, -0.05) is 23.7 Å². The van der Waals surface area contributed by atoms with Crippen molar-refractivity contribution in [3.63, 3.8) is 0 Å². The molecule has 1 heterocycles. The standard InChI is InChI=1S/C13H15ClN4O2/c1-8(19)12-16-17-13(9(2)20)18(12)15-7-10-3-5-11(14)6-4-10/h3-9,19-20H,1-2H3. The van der Waals surface area contributed by atoms with E-state index in [0.717, 1.165) is 5.56 Å². The zero-order valence-corrected chi connectivity index (χ0v) is 11.9. The van der Waals surface area contributed by atoms with Gasteiger partial charge in [-0.25, -0.2) is 0 Å². The van der Waals surface area contributed by atoms with Gasteiger partial charge in [0.25, 0.3) is 0 Å². The summed E-state index contributed by atoms with van der Waals surface area (Å²) < 4.78 is 1.34. The van der Waals surface area contributed by atoms with Crippen molar-refractivity contribution in [3.8, 4) is 0 Å². The van der Waals surface area contributed by atoms with E-state index in [1.165, 1.54) is 4.68 Å². The first kappa shape index (κ1) is 14.6. The second-order valence-corrected chi connectivity index (χ2v) is 4.81. The lowest BCUT2D eigenvalue weighted by Gasteiger charge is -2.07. The molecule has 1 aromatic heterocycles. The molecular weight excluding hydrogens is 280 g/mol. The molecule has 0 saturated carbocycles. The van der Waals surface area contributed by atoms with Crippen LogP contribution in [0.25, 0.3) is 0 Å². The summed E-state index contributed by atoms with van der Waals surface area (Å²) >= 11 is 5.81. The lowest BCUT2D eigenvalue weighted by molar-refractivity contribution is 0.174. The van der Waals surface area contributed by atoms with Crippen LogP contribution in [0.15, 0.2) is 29.4 Å². The van der Waals surface area contributed by atoms with E-state index in [0.29, 0.717) is 5.02 Å². The van der Waals surface area contributed by atoms with Crippen molar-refractivity contribution < 1.29 is 10.2 Å². The molecule has 0 amide bonds. The van der Waals surface area contributed by atoms with E-state index < -0.39 is 12.2 Å². The van der Waals surface area contributed by atoms with Crippen LogP contribution in [0.4, 0.5) is 0 Å². The molecule has 1 aromatic carbocycles. The summed E-state index contributed by atoms with van der Waals surface area (Å²) in [6.45, 7) is 3.12. The second-order valence-electron chi connectivity index (χ2n) is 4.38. The minimum absolute atomic E-state index is 0.270.